The Morgan fingerprint density at radius 2 is 2.06 bits per heavy atom. The molecule has 3 heteroatoms. The van der Waals surface area contributed by atoms with Gasteiger partial charge in [0.2, 0.25) is 0 Å². The van der Waals surface area contributed by atoms with Gasteiger partial charge in [-0.3, -0.25) is 0 Å². The lowest BCUT2D eigenvalue weighted by molar-refractivity contribution is 0.0527. The Hall–Kier alpha value is -1.77. The number of hydrogen-bond donors (Lipinski definition) is 0. The van der Waals surface area contributed by atoms with E-state index >= 15 is 0 Å². The normalized spacial score (nSPS) is 11.8. The van der Waals surface area contributed by atoms with Gasteiger partial charge in [-0.15, -0.1) is 0 Å². The first-order valence-electron chi connectivity index (χ1n) is 6.13. The molecule has 0 aliphatic carbocycles. The summed E-state index contributed by atoms with van der Waals surface area (Å²) in [7, 11) is 0. The van der Waals surface area contributed by atoms with Gasteiger partial charge in [-0.25, -0.2) is 4.79 Å². The zero-order valence-electron chi connectivity index (χ0n) is 11.2. The van der Waals surface area contributed by atoms with Gasteiger partial charge in [0, 0.05) is 10.9 Å². The van der Waals surface area contributed by atoms with Crippen molar-refractivity contribution >= 4 is 16.9 Å². The minimum Gasteiger partial charge on any atom is -0.463 e. The zero-order valence-corrected chi connectivity index (χ0v) is 11.2. The number of hydrogen-bond acceptors (Lipinski definition) is 3. The maximum atomic E-state index is 11.8. The van der Waals surface area contributed by atoms with Crippen molar-refractivity contribution in [2.75, 3.05) is 6.61 Å². The van der Waals surface area contributed by atoms with Crippen molar-refractivity contribution in [3.8, 4) is 0 Å². The molecule has 0 saturated heterocycles. The van der Waals surface area contributed by atoms with Crippen LogP contribution >= 0.6 is 0 Å². The number of furan rings is 1. The lowest BCUT2D eigenvalue weighted by atomic mass is 9.86. The van der Waals surface area contributed by atoms with E-state index in [4.69, 9.17) is 9.15 Å². The van der Waals surface area contributed by atoms with Crippen LogP contribution in [-0.2, 0) is 10.2 Å². The van der Waals surface area contributed by atoms with Crippen molar-refractivity contribution in [2.24, 2.45) is 0 Å². The van der Waals surface area contributed by atoms with Crippen molar-refractivity contribution < 1.29 is 13.9 Å². The molecule has 1 aromatic heterocycles. The lowest BCUT2D eigenvalue weighted by Crippen LogP contribution is -2.11. The summed E-state index contributed by atoms with van der Waals surface area (Å²) in [5.74, 6) is -0.331. The molecule has 0 unspecified atom stereocenters. The molecule has 0 fully saturated rings. The largest absolute Gasteiger partial charge is 0.463 e. The average molecular weight is 246 g/mol. The standard InChI is InChI=1S/C15H18O3/c1-5-17-14(16)11-9-18-13-10(11)7-6-8-12(13)15(2,3)4/h6-9H,5H2,1-4H3. The molecule has 0 aliphatic heterocycles. The van der Waals surface area contributed by atoms with Crippen LogP contribution in [0.5, 0.6) is 0 Å². The fourth-order valence-corrected chi connectivity index (χ4v) is 2.01. The second-order valence-corrected chi connectivity index (χ2v) is 5.30. The van der Waals surface area contributed by atoms with Gasteiger partial charge in [0.15, 0.2) is 0 Å². The predicted molar refractivity (Wildman–Crippen MR) is 70.9 cm³/mol. The molecule has 1 aromatic carbocycles. The van der Waals surface area contributed by atoms with E-state index < -0.39 is 0 Å². The van der Waals surface area contributed by atoms with Gasteiger partial charge in [-0.05, 0) is 12.3 Å². The molecule has 0 atom stereocenters. The molecule has 18 heavy (non-hydrogen) atoms. The first-order valence-corrected chi connectivity index (χ1v) is 6.13. The Morgan fingerprint density at radius 3 is 2.67 bits per heavy atom. The van der Waals surface area contributed by atoms with E-state index in [1.165, 1.54) is 6.26 Å². The molecule has 96 valence electrons. The fraction of sp³-hybridized carbons (Fsp3) is 0.400. The van der Waals surface area contributed by atoms with E-state index in [1.54, 1.807) is 6.92 Å². The monoisotopic (exact) mass is 246 g/mol. The minimum absolute atomic E-state index is 0.0245. The first-order chi connectivity index (χ1) is 8.45. The molecule has 0 aliphatic rings. The number of esters is 1. The summed E-state index contributed by atoms with van der Waals surface area (Å²) in [6.45, 7) is 8.52. The van der Waals surface area contributed by atoms with E-state index in [2.05, 4.69) is 20.8 Å². The van der Waals surface area contributed by atoms with Crippen molar-refractivity contribution in [3.63, 3.8) is 0 Å². The number of para-hydroxylation sites is 1. The highest BCUT2D eigenvalue weighted by atomic mass is 16.5. The summed E-state index contributed by atoms with van der Waals surface area (Å²) in [6, 6.07) is 5.86. The SMILES string of the molecule is CCOC(=O)c1coc2c(C(C)(C)C)cccc12. The molecular formula is C15H18O3. The van der Waals surface area contributed by atoms with Gasteiger partial charge in [0.25, 0.3) is 0 Å². The van der Waals surface area contributed by atoms with Crippen LogP contribution in [0.1, 0.15) is 43.6 Å². The number of carbonyl (C=O) groups is 1. The highest BCUT2D eigenvalue weighted by Crippen LogP contribution is 2.32. The lowest BCUT2D eigenvalue weighted by Gasteiger charge is -2.18. The van der Waals surface area contributed by atoms with Gasteiger partial charge in [-0.2, -0.15) is 0 Å². The van der Waals surface area contributed by atoms with E-state index in [-0.39, 0.29) is 11.4 Å². The van der Waals surface area contributed by atoms with Crippen molar-refractivity contribution in [2.45, 2.75) is 33.1 Å². The van der Waals surface area contributed by atoms with Crippen LogP contribution in [0.2, 0.25) is 0 Å². The molecule has 0 radical (unpaired) electrons. The second-order valence-electron chi connectivity index (χ2n) is 5.30. The number of fused-ring (bicyclic) bond motifs is 1. The third kappa shape index (κ3) is 2.13. The summed E-state index contributed by atoms with van der Waals surface area (Å²) in [6.07, 6.45) is 1.48. The van der Waals surface area contributed by atoms with Crippen molar-refractivity contribution in [1.82, 2.24) is 0 Å². The third-order valence-corrected chi connectivity index (χ3v) is 2.90. The van der Waals surface area contributed by atoms with Crippen LogP contribution in [0, 0.1) is 0 Å². The highest BCUT2D eigenvalue weighted by Gasteiger charge is 2.22. The van der Waals surface area contributed by atoms with Crippen LogP contribution < -0.4 is 0 Å². The van der Waals surface area contributed by atoms with Gasteiger partial charge in [0.05, 0.1) is 6.61 Å². The summed E-state index contributed by atoms with van der Waals surface area (Å²) >= 11 is 0. The van der Waals surface area contributed by atoms with E-state index in [0.29, 0.717) is 12.2 Å². The summed E-state index contributed by atoms with van der Waals surface area (Å²) < 4.78 is 10.6. The van der Waals surface area contributed by atoms with E-state index in [0.717, 1.165) is 16.5 Å². The van der Waals surface area contributed by atoms with Crippen molar-refractivity contribution in [3.05, 3.63) is 35.6 Å². The molecule has 3 nitrogen and oxygen atoms in total. The molecular weight excluding hydrogens is 228 g/mol. The van der Waals surface area contributed by atoms with Gasteiger partial charge in [0.1, 0.15) is 17.4 Å². The Labute approximate surface area is 107 Å². The molecule has 2 rings (SSSR count). The smallest absolute Gasteiger partial charge is 0.342 e. The van der Waals surface area contributed by atoms with E-state index in [9.17, 15) is 4.79 Å². The number of carbonyl (C=O) groups excluding carboxylic acids is 1. The van der Waals surface area contributed by atoms with Crippen LogP contribution in [0.15, 0.2) is 28.9 Å². The summed E-state index contributed by atoms with van der Waals surface area (Å²) in [5, 5.41) is 0.820. The Morgan fingerprint density at radius 1 is 1.33 bits per heavy atom. The molecule has 2 aromatic rings. The van der Waals surface area contributed by atoms with Crippen LogP contribution in [0.25, 0.3) is 11.0 Å². The molecule has 0 bridgehead atoms. The topological polar surface area (TPSA) is 39.4 Å². The average Bonchev–Trinajstić information content (AvgIpc) is 2.71. The maximum absolute atomic E-state index is 11.8. The summed E-state index contributed by atoms with van der Waals surface area (Å²) in [4.78, 5) is 11.8. The first kappa shape index (κ1) is 12.7. The highest BCUT2D eigenvalue weighted by molar-refractivity contribution is 6.04. The molecule has 1 heterocycles. The second kappa shape index (κ2) is 4.48. The Bertz CT molecular complexity index is 573. The quantitative estimate of drug-likeness (QED) is 0.754. The van der Waals surface area contributed by atoms with Gasteiger partial charge < -0.3 is 9.15 Å². The molecule has 0 saturated carbocycles. The Balaban J connectivity index is 2.59. The molecule has 0 amide bonds. The zero-order chi connectivity index (χ0) is 13.3. The van der Waals surface area contributed by atoms with Crippen LogP contribution in [0.3, 0.4) is 0 Å². The number of rotatable bonds is 2. The van der Waals surface area contributed by atoms with Crippen LogP contribution in [-0.4, -0.2) is 12.6 Å². The molecule has 0 N–H and O–H groups in total. The number of benzene rings is 1. The Kier molecular flexibility index (Phi) is 3.16. The predicted octanol–water partition coefficient (Wildman–Crippen LogP) is 3.91. The van der Waals surface area contributed by atoms with E-state index in [1.807, 2.05) is 18.2 Å². The van der Waals surface area contributed by atoms with Gasteiger partial charge >= 0.3 is 5.97 Å². The van der Waals surface area contributed by atoms with Crippen molar-refractivity contribution in [1.29, 1.82) is 0 Å². The third-order valence-electron chi connectivity index (χ3n) is 2.90. The molecule has 0 spiro atoms. The van der Waals surface area contributed by atoms with Crippen LogP contribution in [0.4, 0.5) is 0 Å². The number of ether oxygens (including phenoxy) is 1. The minimum atomic E-state index is -0.331. The van der Waals surface area contributed by atoms with Gasteiger partial charge in [-0.1, -0.05) is 39.0 Å². The fourth-order valence-electron chi connectivity index (χ4n) is 2.01. The maximum Gasteiger partial charge on any atom is 0.342 e. The summed E-state index contributed by atoms with van der Waals surface area (Å²) in [5.41, 5.74) is 2.34.